The molecule has 9 nitrogen and oxygen atoms in total. The van der Waals surface area contributed by atoms with Crippen LogP contribution in [0.3, 0.4) is 0 Å². The minimum Gasteiger partial charge on any atom is -0.492 e. The largest absolute Gasteiger partial charge is 0.492 e. The number of nitrogens with one attached hydrogen (secondary N) is 1. The van der Waals surface area contributed by atoms with Gasteiger partial charge in [0.05, 0.1) is 30.1 Å². The number of nitrogens with zero attached hydrogens (tertiary/aromatic N) is 6. The molecule has 3 aliphatic rings. The topological polar surface area (TPSA) is 108 Å². The zero-order valence-corrected chi connectivity index (χ0v) is 22.1. The van der Waals surface area contributed by atoms with Crippen LogP contribution >= 0.6 is 11.3 Å². The molecule has 8 rings (SSSR count). The molecule has 5 heterocycles. The van der Waals surface area contributed by atoms with Crippen LogP contribution in [0.5, 0.6) is 5.75 Å². The summed E-state index contributed by atoms with van der Waals surface area (Å²) in [7, 11) is 0. The standard InChI is InChI=1S/C28H24FN7O2S/c1-3-38-18-5-6-20(31-12-18)24-34-35-26(36(24)22-7-4-16(2)39-22)27-13-28(14-27,15-27)33-25(37)19-8-9-30-21-10-17(29)11-32-23(19)21/h4-12H,3,13-15H2,1-2H3,(H,33,37). The summed E-state index contributed by atoms with van der Waals surface area (Å²) in [5, 5.41) is 13.5. The van der Waals surface area contributed by atoms with Gasteiger partial charge in [-0.3, -0.25) is 19.3 Å². The molecule has 5 aromatic rings. The van der Waals surface area contributed by atoms with E-state index in [1.807, 2.05) is 19.1 Å². The van der Waals surface area contributed by atoms with Crippen molar-refractivity contribution in [1.29, 1.82) is 0 Å². The maximum atomic E-state index is 13.6. The number of rotatable bonds is 7. The Morgan fingerprint density at radius 2 is 1.95 bits per heavy atom. The number of amides is 1. The lowest BCUT2D eigenvalue weighted by Crippen LogP contribution is -2.77. The monoisotopic (exact) mass is 541 g/mol. The number of aryl methyl sites for hydroxylation is 1. The second-order valence-corrected chi connectivity index (χ2v) is 11.6. The maximum absolute atomic E-state index is 13.6. The molecule has 5 aromatic heterocycles. The number of pyridine rings is 3. The summed E-state index contributed by atoms with van der Waals surface area (Å²) in [5.41, 5.74) is 1.35. The number of ether oxygens (including phenoxy) is 1. The highest BCUT2D eigenvalue weighted by Crippen LogP contribution is 2.67. The molecular formula is C28H24FN7O2S. The highest BCUT2D eigenvalue weighted by atomic mass is 32.1. The van der Waals surface area contributed by atoms with E-state index in [4.69, 9.17) is 4.74 Å². The van der Waals surface area contributed by atoms with E-state index in [2.05, 4.69) is 54.1 Å². The van der Waals surface area contributed by atoms with E-state index in [9.17, 15) is 9.18 Å². The Balaban J connectivity index is 1.17. The van der Waals surface area contributed by atoms with Crippen LogP contribution in [0.4, 0.5) is 4.39 Å². The van der Waals surface area contributed by atoms with Crippen molar-refractivity contribution >= 4 is 28.3 Å². The van der Waals surface area contributed by atoms with Gasteiger partial charge in [0.2, 0.25) is 0 Å². The number of hydrogen-bond donors (Lipinski definition) is 1. The minimum absolute atomic E-state index is 0.177. The molecule has 0 aliphatic heterocycles. The average Bonchev–Trinajstić information content (AvgIpc) is 3.51. The quantitative estimate of drug-likeness (QED) is 0.316. The van der Waals surface area contributed by atoms with Crippen molar-refractivity contribution in [1.82, 2.24) is 35.0 Å². The maximum Gasteiger partial charge on any atom is 0.254 e. The molecule has 0 saturated heterocycles. The van der Waals surface area contributed by atoms with Crippen molar-refractivity contribution in [3.05, 3.63) is 77.1 Å². The zero-order chi connectivity index (χ0) is 26.8. The van der Waals surface area contributed by atoms with E-state index in [0.717, 1.165) is 36.3 Å². The molecule has 3 fully saturated rings. The predicted molar refractivity (Wildman–Crippen MR) is 144 cm³/mol. The Labute approximate surface area is 227 Å². The summed E-state index contributed by atoms with van der Waals surface area (Å²) in [6, 6.07) is 10.9. The Bertz CT molecular complexity index is 1730. The molecule has 0 radical (unpaired) electrons. The van der Waals surface area contributed by atoms with Crippen LogP contribution in [0, 0.1) is 12.7 Å². The summed E-state index contributed by atoms with van der Waals surface area (Å²) in [6.07, 6.45) is 6.59. The van der Waals surface area contributed by atoms with E-state index < -0.39 is 5.82 Å². The lowest BCUT2D eigenvalue weighted by molar-refractivity contribution is -0.0872. The summed E-state index contributed by atoms with van der Waals surface area (Å²) < 4.78 is 21.3. The van der Waals surface area contributed by atoms with Crippen molar-refractivity contribution in [2.45, 2.75) is 44.1 Å². The molecule has 3 aliphatic carbocycles. The van der Waals surface area contributed by atoms with Gasteiger partial charge in [-0.05, 0) is 63.4 Å². The molecule has 0 unspecified atom stereocenters. The van der Waals surface area contributed by atoms with Crippen LogP contribution in [-0.4, -0.2) is 47.8 Å². The van der Waals surface area contributed by atoms with Gasteiger partial charge in [-0.15, -0.1) is 21.5 Å². The summed E-state index contributed by atoms with van der Waals surface area (Å²) in [4.78, 5) is 27.3. The average molecular weight is 542 g/mol. The van der Waals surface area contributed by atoms with Gasteiger partial charge < -0.3 is 10.1 Å². The van der Waals surface area contributed by atoms with Gasteiger partial charge in [-0.25, -0.2) is 9.37 Å². The van der Waals surface area contributed by atoms with Crippen LogP contribution in [0.25, 0.3) is 27.6 Å². The predicted octanol–water partition coefficient (Wildman–Crippen LogP) is 4.78. The third-order valence-electron chi connectivity index (χ3n) is 7.56. The van der Waals surface area contributed by atoms with E-state index >= 15 is 0 Å². The van der Waals surface area contributed by atoms with Crippen molar-refractivity contribution in [2.75, 3.05) is 6.61 Å². The smallest absolute Gasteiger partial charge is 0.254 e. The fraction of sp³-hybridized carbons (Fsp3) is 0.286. The number of fused-ring (bicyclic) bond motifs is 1. The van der Waals surface area contributed by atoms with Gasteiger partial charge in [0.25, 0.3) is 5.91 Å². The van der Waals surface area contributed by atoms with Crippen molar-refractivity contribution in [3.63, 3.8) is 0 Å². The molecule has 11 heteroatoms. The third-order valence-corrected chi connectivity index (χ3v) is 8.54. The first-order valence-electron chi connectivity index (χ1n) is 12.7. The molecule has 3 saturated carbocycles. The second-order valence-electron chi connectivity index (χ2n) is 10.3. The molecule has 39 heavy (non-hydrogen) atoms. The van der Waals surface area contributed by atoms with E-state index in [-0.39, 0.29) is 16.9 Å². The third kappa shape index (κ3) is 3.79. The lowest BCUT2D eigenvalue weighted by Gasteiger charge is -2.69. The molecule has 196 valence electrons. The molecule has 2 bridgehead atoms. The number of carbonyl (C=O) groups excluding carboxylic acids is 1. The van der Waals surface area contributed by atoms with Gasteiger partial charge in [0.1, 0.15) is 33.6 Å². The Hall–Kier alpha value is -4.25. The van der Waals surface area contributed by atoms with E-state index in [1.165, 1.54) is 17.1 Å². The number of thiophene rings is 1. The normalized spacial score (nSPS) is 21.3. The van der Waals surface area contributed by atoms with Gasteiger partial charge in [-0.2, -0.15) is 0 Å². The molecule has 0 spiro atoms. The highest BCUT2D eigenvalue weighted by Gasteiger charge is 2.71. The first-order chi connectivity index (χ1) is 18.9. The molecule has 0 aromatic carbocycles. The highest BCUT2D eigenvalue weighted by molar-refractivity contribution is 7.14. The van der Waals surface area contributed by atoms with Crippen LogP contribution in [0.1, 0.15) is 47.2 Å². The fourth-order valence-electron chi connectivity index (χ4n) is 5.96. The lowest BCUT2D eigenvalue weighted by atomic mass is 9.39. The number of aromatic nitrogens is 6. The Morgan fingerprint density at radius 1 is 1.10 bits per heavy atom. The van der Waals surface area contributed by atoms with Gasteiger partial charge in [0, 0.05) is 28.1 Å². The Kier molecular flexibility index (Phi) is 5.28. The summed E-state index contributed by atoms with van der Waals surface area (Å²) in [6.45, 7) is 4.58. The van der Waals surface area contributed by atoms with Crippen molar-refractivity contribution in [2.24, 2.45) is 0 Å². The second kappa shape index (κ2) is 8.63. The summed E-state index contributed by atoms with van der Waals surface area (Å²) >= 11 is 1.68. The van der Waals surface area contributed by atoms with Gasteiger partial charge in [-0.1, -0.05) is 0 Å². The van der Waals surface area contributed by atoms with Crippen molar-refractivity contribution < 1.29 is 13.9 Å². The molecular weight excluding hydrogens is 517 g/mol. The molecule has 1 amide bonds. The van der Waals surface area contributed by atoms with E-state index in [1.54, 1.807) is 23.6 Å². The minimum atomic E-state index is -0.487. The van der Waals surface area contributed by atoms with Gasteiger partial charge in [0.15, 0.2) is 5.82 Å². The van der Waals surface area contributed by atoms with Crippen molar-refractivity contribution in [3.8, 4) is 22.3 Å². The first-order valence-corrected chi connectivity index (χ1v) is 13.6. The molecule has 1 N–H and O–H groups in total. The fourth-order valence-corrected chi connectivity index (χ4v) is 6.83. The van der Waals surface area contributed by atoms with Crippen LogP contribution < -0.4 is 10.1 Å². The zero-order valence-electron chi connectivity index (χ0n) is 21.3. The van der Waals surface area contributed by atoms with E-state index in [0.29, 0.717) is 40.5 Å². The SMILES string of the molecule is CCOc1ccc(-c2nnc(C34CC(NC(=O)c5ccnc6cc(F)cnc56)(C3)C4)n2-c2ccc(C)s2)nc1. The summed E-state index contributed by atoms with van der Waals surface area (Å²) in [5.74, 6) is 1.55. The molecule has 0 atom stereocenters. The number of carbonyl (C=O) groups is 1. The first kappa shape index (κ1) is 23.8. The van der Waals surface area contributed by atoms with Gasteiger partial charge >= 0.3 is 0 Å². The Morgan fingerprint density at radius 3 is 2.67 bits per heavy atom. The van der Waals surface area contributed by atoms with Crippen LogP contribution in [0.2, 0.25) is 0 Å². The number of hydrogen-bond acceptors (Lipinski definition) is 8. The van der Waals surface area contributed by atoms with Crippen LogP contribution in [0.15, 0.2) is 55.0 Å². The number of halogens is 1. The van der Waals surface area contributed by atoms with Crippen LogP contribution in [-0.2, 0) is 5.41 Å².